The maximum Gasteiger partial charge on any atom is 0.181 e. The minimum absolute atomic E-state index is 0.490. The second kappa shape index (κ2) is 6.15. The summed E-state index contributed by atoms with van der Waals surface area (Å²) < 4.78 is 0. The van der Waals surface area contributed by atoms with E-state index in [-0.39, 0.29) is 0 Å². The van der Waals surface area contributed by atoms with E-state index >= 15 is 0 Å². The van der Waals surface area contributed by atoms with Gasteiger partial charge in [0.05, 0.1) is 4.88 Å². The van der Waals surface area contributed by atoms with Gasteiger partial charge in [0, 0.05) is 12.4 Å². The van der Waals surface area contributed by atoms with E-state index in [1.807, 2.05) is 26.1 Å². The first-order chi connectivity index (χ1) is 11.0. The summed E-state index contributed by atoms with van der Waals surface area (Å²) in [6.45, 7) is 4.05. The number of aliphatic hydroxyl groups is 1. The van der Waals surface area contributed by atoms with Crippen LogP contribution in [-0.2, 0) is 0 Å². The zero-order valence-electron chi connectivity index (χ0n) is 13.3. The zero-order valence-corrected chi connectivity index (χ0v) is 14.1. The zero-order chi connectivity index (χ0) is 16.4. The van der Waals surface area contributed by atoms with E-state index in [0.29, 0.717) is 10.8 Å². The van der Waals surface area contributed by atoms with E-state index in [9.17, 15) is 5.11 Å². The van der Waals surface area contributed by atoms with Crippen molar-refractivity contribution < 1.29 is 5.11 Å². The lowest BCUT2D eigenvalue weighted by atomic mass is 9.81. The standard InChI is InChI=1S/C18H19N3OS/c1-12(10-14-5-9-20-11-13(14)2)16-15(21-17(19)23-16)4-8-18(22)6-3-7-18/h5,9-11,22H,3,6-7H2,1-2H3,(H2,19,21)/b12-10+. The number of nitrogens with two attached hydrogens (primary N) is 1. The summed E-state index contributed by atoms with van der Waals surface area (Å²) in [5.41, 5.74) is 8.95. The van der Waals surface area contributed by atoms with Crippen molar-refractivity contribution in [2.75, 3.05) is 5.73 Å². The van der Waals surface area contributed by atoms with E-state index in [4.69, 9.17) is 5.73 Å². The van der Waals surface area contributed by atoms with E-state index < -0.39 is 5.60 Å². The van der Waals surface area contributed by atoms with Gasteiger partial charge in [0.15, 0.2) is 5.13 Å². The lowest BCUT2D eigenvalue weighted by Crippen LogP contribution is -2.34. The molecular formula is C18H19N3OS. The second-order valence-electron chi connectivity index (χ2n) is 5.92. The van der Waals surface area contributed by atoms with Crippen LogP contribution in [0.3, 0.4) is 0 Å². The first-order valence-corrected chi connectivity index (χ1v) is 8.40. The molecule has 0 bridgehead atoms. The monoisotopic (exact) mass is 325 g/mol. The number of aromatic nitrogens is 2. The van der Waals surface area contributed by atoms with Crippen molar-refractivity contribution in [3.8, 4) is 11.8 Å². The Morgan fingerprint density at radius 2 is 2.26 bits per heavy atom. The van der Waals surface area contributed by atoms with Crippen LogP contribution in [0.2, 0.25) is 0 Å². The van der Waals surface area contributed by atoms with Gasteiger partial charge in [0.1, 0.15) is 11.3 Å². The average Bonchev–Trinajstić information content (AvgIpc) is 2.87. The van der Waals surface area contributed by atoms with Crippen molar-refractivity contribution in [2.45, 2.75) is 38.7 Å². The van der Waals surface area contributed by atoms with Gasteiger partial charge in [-0.2, -0.15) is 0 Å². The van der Waals surface area contributed by atoms with Crippen LogP contribution in [0.25, 0.3) is 11.6 Å². The van der Waals surface area contributed by atoms with Gasteiger partial charge in [-0.1, -0.05) is 23.3 Å². The number of hydrogen-bond donors (Lipinski definition) is 2. The largest absolute Gasteiger partial charge is 0.378 e. The predicted octanol–water partition coefficient (Wildman–Crippen LogP) is 3.26. The molecule has 0 saturated heterocycles. The molecule has 0 atom stereocenters. The van der Waals surface area contributed by atoms with E-state index in [1.165, 1.54) is 11.3 Å². The lowest BCUT2D eigenvalue weighted by molar-refractivity contribution is 0.0239. The predicted molar refractivity (Wildman–Crippen MR) is 94.7 cm³/mol. The van der Waals surface area contributed by atoms with E-state index in [1.54, 1.807) is 6.20 Å². The van der Waals surface area contributed by atoms with Crippen LogP contribution in [-0.4, -0.2) is 20.7 Å². The quantitative estimate of drug-likeness (QED) is 0.831. The van der Waals surface area contributed by atoms with Crippen LogP contribution >= 0.6 is 11.3 Å². The molecule has 1 aliphatic rings. The Labute approximate surface area is 140 Å². The number of rotatable bonds is 2. The lowest BCUT2D eigenvalue weighted by Gasteiger charge is -2.30. The summed E-state index contributed by atoms with van der Waals surface area (Å²) in [6.07, 6.45) is 8.21. The number of nitrogen functional groups attached to an aromatic ring is 1. The summed E-state index contributed by atoms with van der Waals surface area (Å²) in [6, 6.07) is 1.98. The number of allylic oxidation sites excluding steroid dienone is 1. The third-order valence-corrected chi connectivity index (χ3v) is 5.05. The average molecular weight is 325 g/mol. The van der Waals surface area contributed by atoms with E-state index in [2.05, 4.69) is 27.9 Å². The Hall–Kier alpha value is -2.16. The molecular weight excluding hydrogens is 306 g/mol. The molecule has 23 heavy (non-hydrogen) atoms. The van der Waals surface area contributed by atoms with Crippen molar-refractivity contribution in [2.24, 2.45) is 0 Å². The van der Waals surface area contributed by atoms with Gasteiger partial charge in [0.2, 0.25) is 0 Å². The van der Waals surface area contributed by atoms with Gasteiger partial charge in [-0.3, -0.25) is 4.98 Å². The van der Waals surface area contributed by atoms with Crippen LogP contribution in [0, 0.1) is 18.8 Å². The number of hydrogen-bond acceptors (Lipinski definition) is 5. The molecule has 1 aliphatic carbocycles. The van der Waals surface area contributed by atoms with Crippen molar-refractivity contribution in [1.82, 2.24) is 9.97 Å². The number of aryl methyl sites for hydroxylation is 1. The van der Waals surface area contributed by atoms with Crippen LogP contribution < -0.4 is 5.73 Å². The van der Waals surface area contributed by atoms with Crippen LogP contribution in [0.15, 0.2) is 18.5 Å². The summed E-state index contributed by atoms with van der Waals surface area (Å²) in [5.74, 6) is 5.98. The van der Waals surface area contributed by atoms with Gasteiger partial charge in [-0.15, -0.1) is 0 Å². The minimum Gasteiger partial charge on any atom is -0.378 e. The Balaban J connectivity index is 1.95. The van der Waals surface area contributed by atoms with Crippen molar-refractivity contribution in [1.29, 1.82) is 0 Å². The highest BCUT2D eigenvalue weighted by molar-refractivity contribution is 7.16. The van der Waals surface area contributed by atoms with Gasteiger partial charge in [0.25, 0.3) is 0 Å². The minimum atomic E-state index is -0.838. The van der Waals surface area contributed by atoms with Gasteiger partial charge >= 0.3 is 0 Å². The fourth-order valence-corrected chi connectivity index (χ4v) is 3.21. The fraction of sp³-hybridized carbons (Fsp3) is 0.333. The Morgan fingerprint density at radius 3 is 2.91 bits per heavy atom. The number of anilines is 1. The number of thiazole rings is 1. The van der Waals surface area contributed by atoms with E-state index in [0.717, 1.165) is 40.8 Å². The summed E-state index contributed by atoms with van der Waals surface area (Å²) in [4.78, 5) is 9.38. The molecule has 3 N–H and O–H groups in total. The van der Waals surface area contributed by atoms with Crippen LogP contribution in [0.4, 0.5) is 5.13 Å². The maximum absolute atomic E-state index is 10.1. The highest BCUT2D eigenvalue weighted by atomic mass is 32.1. The molecule has 3 rings (SSSR count). The van der Waals surface area contributed by atoms with Gasteiger partial charge < -0.3 is 10.8 Å². The fourth-order valence-electron chi connectivity index (χ4n) is 2.45. The van der Waals surface area contributed by atoms with Crippen LogP contribution in [0.1, 0.15) is 47.9 Å². The molecule has 1 saturated carbocycles. The normalized spacial score (nSPS) is 16.4. The molecule has 0 spiro atoms. The SMILES string of the molecule is C/C(=C\c1ccncc1C)c1sc(N)nc1C#CC1(O)CCC1. The highest BCUT2D eigenvalue weighted by Crippen LogP contribution is 2.32. The number of nitrogens with zero attached hydrogens (tertiary/aromatic N) is 2. The topological polar surface area (TPSA) is 72.0 Å². The first-order valence-electron chi connectivity index (χ1n) is 7.58. The Bertz CT molecular complexity index is 822. The molecule has 0 radical (unpaired) electrons. The molecule has 5 heteroatoms. The van der Waals surface area contributed by atoms with Gasteiger partial charge in [-0.25, -0.2) is 4.98 Å². The molecule has 2 aromatic rings. The molecule has 2 aromatic heterocycles. The summed E-state index contributed by atoms with van der Waals surface area (Å²) in [7, 11) is 0. The first kappa shape index (κ1) is 15.7. The van der Waals surface area contributed by atoms with Gasteiger partial charge in [-0.05, 0) is 61.8 Å². The van der Waals surface area contributed by atoms with Crippen molar-refractivity contribution in [3.63, 3.8) is 0 Å². The summed E-state index contributed by atoms with van der Waals surface area (Å²) >= 11 is 1.42. The molecule has 0 unspecified atom stereocenters. The Kier molecular flexibility index (Phi) is 4.20. The molecule has 118 valence electrons. The number of pyridine rings is 1. The molecule has 4 nitrogen and oxygen atoms in total. The van der Waals surface area contributed by atoms with Crippen LogP contribution in [0.5, 0.6) is 0 Å². The van der Waals surface area contributed by atoms with Crippen molar-refractivity contribution in [3.05, 3.63) is 40.2 Å². The molecule has 1 fully saturated rings. The molecule has 0 aromatic carbocycles. The molecule has 0 amide bonds. The Morgan fingerprint density at radius 1 is 1.48 bits per heavy atom. The third kappa shape index (κ3) is 3.44. The summed E-state index contributed by atoms with van der Waals surface area (Å²) in [5, 5.41) is 10.6. The molecule has 2 heterocycles. The van der Waals surface area contributed by atoms with Crippen molar-refractivity contribution >= 4 is 28.1 Å². The second-order valence-corrected chi connectivity index (χ2v) is 6.96. The smallest absolute Gasteiger partial charge is 0.181 e. The maximum atomic E-state index is 10.1. The molecule has 0 aliphatic heterocycles. The highest BCUT2D eigenvalue weighted by Gasteiger charge is 2.32. The third-order valence-electron chi connectivity index (χ3n) is 4.03.